The van der Waals surface area contributed by atoms with Gasteiger partial charge in [0.1, 0.15) is 5.60 Å². The highest BCUT2D eigenvalue weighted by Crippen LogP contribution is 2.17. The first-order chi connectivity index (χ1) is 8.22. The van der Waals surface area contributed by atoms with Gasteiger partial charge in [-0.15, -0.1) is 0 Å². The van der Waals surface area contributed by atoms with Crippen LogP contribution in [0.3, 0.4) is 0 Å². The average Bonchev–Trinajstić information content (AvgIpc) is 2.27. The summed E-state index contributed by atoms with van der Waals surface area (Å²) in [7, 11) is 0. The van der Waals surface area contributed by atoms with Crippen molar-refractivity contribution in [3.05, 3.63) is 0 Å². The minimum atomic E-state index is -0.817. The second-order valence-electron chi connectivity index (χ2n) is 5.96. The molecule has 1 fully saturated rings. The number of piperazine rings is 1. The highest BCUT2D eigenvalue weighted by atomic mass is 16.5. The van der Waals surface area contributed by atoms with E-state index in [1.807, 2.05) is 4.90 Å². The second-order valence-corrected chi connectivity index (χ2v) is 5.96. The van der Waals surface area contributed by atoms with Gasteiger partial charge in [0.15, 0.2) is 0 Å². The lowest BCUT2D eigenvalue weighted by molar-refractivity contribution is -0.156. The van der Waals surface area contributed by atoms with E-state index in [2.05, 4.69) is 5.32 Å². The van der Waals surface area contributed by atoms with E-state index in [-0.39, 0.29) is 5.91 Å². The third kappa shape index (κ3) is 4.92. The van der Waals surface area contributed by atoms with Crippen molar-refractivity contribution in [2.45, 2.75) is 45.3 Å². The van der Waals surface area contributed by atoms with Gasteiger partial charge in [-0.1, -0.05) is 0 Å². The number of amides is 1. The van der Waals surface area contributed by atoms with Crippen molar-refractivity contribution in [1.29, 1.82) is 0 Å². The molecule has 5 heteroatoms. The molecule has 1 heterocycles. The van der Waals surface area contributed by atoms with E-state index < -0.39 is 11.2 Å². The molecule has 106 valence electrons. The number of carbonyl (C=O) groups excluding carboxylic acids is 1. The molecule has 1 rings (SSSR count). The van der Waals surface area contributed by atoms with Crippen molar-refractivity contribution >= 4 is 5.91 Å². The highest BCUT2D eigenvalue weighted by molar-refractivity contribution is 5.84. The standard InChI is InChI=1S/C13H26N2O3/c1-12(2,17)5-10-18-13(3,4)11(16)15-8-6-14-7-9-15/h14,17H,5-10H2,1-4H3. The summed E-state index contributed by atoms with van der Waals surface area (Å²) >= 11 is 0. The molecule has 1 aliphatic rings. The summed E-state index contributed by atoms with van der Waals surface area (Å²) in [6.07, 6.45) is 0.519. The normalized spacial score (nSPS) is 17.9. The van der Waals surface area contributed by atoms with Crippen molar-refractivity contribution in [1.82, 2.24) is 10.2 Å². The second kappa shape index (κ2) is 5.99. The zero-order chi connectivity index (χ0) is 13.8. The molecular formula is C13H26N2O3. The Hall–Kier alpha value is -0.650. The molecule has 0 atom stereocenters. The molecule has 0 radical (unpaired) electrons. The average molecular weight is 258 g/mol. The Balaban J connectivity index is 2.43. The summed E-state index contributed by atoms with van der Waals surface area (Å²) in [6.45, 7) is 10.6. The maximum absolute atomic E-state index is 12.3. The Morgan fingerprint density at radius 2 is 1.83 bits per heavy atom. The molecule has 0 aliphatic carbocycles. The van der Waals surface area contributed by atoms with Gasteiger partial charge in [0.2, 0.25) is 0 Å². The van der Waals surface area contributed by atoms with Gasteiger partial charge in [-0.3, -0.25) is 4.79 Å². The summed E-state index contributed by atoms with van der Waals surface area (Å²) in [5.74, 6) is 0.0275. The van der Waals surface area contributed by atoms with Gasteiger partial charge in [-0.25, -0.2) is 0 Å². The number of aliphatic hydroxyl groups is 1. The fourth-order valence-corrected chi connectivity index (χ4v) is 1.87. The molecule has 1 aliphatic heterocycles. The number of ether oxygens (including phenoxy) is 1. The first kappa shape index (κ1) is 15.4. The molecule has 1 amide bonds. The minimum Gasteiger partial charge on any atom is -0.390 e. The molecule has 0 bridgehead atoms. The molecule has 0 spiro atoms. The molecule has 0 aromatic heterocycles. The SMILES string of the molecule is CC(C)(O)CCOC(C)(C)C(=O)N1CCNCC1. The Morgan fingerprint density at radius 1 is 1.28 bits per heavy atom. The molecule has 2 N–H and O–H groups in total. The van der Waals surface area contributed by atoms with E-state index >= 15 is 0 Å². The summed E-state index contributed by atoms with van der Waals surface area (Å²) in [4.78, 5) is 14.1. The highest BCUT2D eigenvalue weighted by Gasteiger charge is 2.33. The molecule has 0 aromatic rings. The Kier molecular flexibility index (Phi) is 5.13. The van der Waals surface area contributed by atoms with Crippen LogP contribution in [0.1, 0.15) is 34.1 Å². The minimum absolute atomic E-state index is 0.0275. The van der Waals surface area contributed by atoms with E-state index in [9.17, 15) is 9.90 Å². The fraction of sp³-hybridized carbons (Fsp3) is 0.923. The van der Waals surface area contributed by atoms with Crippen LogP contribution in [-0.2, 0) is 9.53 Å². The summed E-state index contributed by atoms with van der Waals surface area (Å²) < 4.78 is 5.65. The number of hydrogen-bond acceptors (Lipinski definition) is 4. The Morgan fingerprint density at radius 3 is 2.33 bits per heavy atom. The van der Waals surface area contributed by atoms with Gasteiger partial charge in [0.25, 0.3) is 5.91 Å². The van der Waals surface area contributed by atoms with Gasteiger partial charge in [-0.2, -0.15) is 0 Å². The molecule has 0 unspecified atom stereocenters. The third-order valence-corrected chi connectivity index (χ3v) is 3.10. The quantitative estimate of drug-likeness (QED) is 0.748. The number of nitrogens with one attached hydrogen (secondary N) is 1. The van der Waals surface area contributed by atoms with E-state index in [1.165, 1.54) is 0 Å². The predicted octanol–water partition coefficient (Wildman–Crippen LogP) is 0.374. The topological polar surface area (TPSA) is 61.8 Å². The Labute approximate surface area is 109 Å². The van der Waals surface area contributed by atoms with Gasteiger partial charge in [0, 0.05) is 26.2 Å². The van der Waals surface area contributed by atoms with Crippen LogP contribution in [0, 0.1) is 0 Å². The predicted molar refractivity (Wildman–Crippen MR) is 70.4 cm³/mol. The fourth-order valence-electron chi connectivity index (χ4n) is 1.87. The van der Waals surface area contributed by atoms with E-state index in [0.717, 1.165) is 26.2 Å². The van der Waals surface area contributed by atoms with Crippen LogP contribution < -0.4 is 5.32 Å². The van der Waals surface area contributed by atoms with Crippen molar-refractivity contribution in [2.75, 3.05) is 32.8 Å². The van der Waals surface area contributed by atoms with Crippen molar-refractivity contribution < 1.29 is 14.6 Å². The number of nitrogens with zero attached hydrogens (tertiary/aromatic N) is 1. The lowest BCUT2D eigenvalue weighted by Gasteiger charge is -2.35. The smallest absolute Gasteiger partial charge is 0.254 e. The largest absolute Gasteiger partial charge is 0.390 e. The molecule has 1 saturated heterocycles. The summed E-state index contributed by atoms with van der Waals surface area (Å²) in [6, 6.07) is 0. The summed E-state index contributed by atoms with van der Waals surface area (Å²) in [5, 5.41) is 12.8. The monoisotopic (exact) mass is 258 g/mol. The van der Waals surface area contributed by atoms with Gasteiger partial charge in [-0.05, 0) is 34.1 Å². The van der Waals surface area contributed by atoms with Gasteiger partial charge >= 0.3 is 0 Å². The Bertz CT molecular complexity index is 278. The van der Waals surface area contributed by atoms with Crippen LogP contribution in [0.2, 0.25) is 0 Å². The van der Waals surface area contributed by atoms with Crippen LogP contribution >= 0.6 is 0 Å². The van der Waals surface area contributed by atoms with Crippen LogP contribution in [0.5, 0.6) is 0 Å². The van der Waals surface area contributed by atoms with Crippen LogP contribution in [0.15, 0.2) is 0 Å². The van der Waals surface area contributed by atoms with E-state index in [4.69, 9.17) is 4.74 Å². The molecule has 5 nitrogen and oxygen atoms in total. The maximum Gasteiger partial charge on any atom is 0.254 e. The molecule has 18 heavy (non-hydrogen) atoms. The van der Waals surface area contributed by atoms with E-state index in [0.29, 0.717) is 13.0 Å². The van der Waals surface area contributed by atoms with Crippen molar-refractivity contribution in [2.24, 2.45) is 0 Å². The first-order valence-electron chi connectivity index (χ1n) is 6.59. The van der Waals surface area contributed by atoms with Gasteiger partial charge < -0.3 is 20.1 Å². The number of hydrogen-bond donors (Lipinski definition) is 2. The third-order valence-electron chi connectivity index (χ3n) is 3.10. The molecular weight excluding hydrogens is 232 g/mol. The van der Waals surface area contributed by atoms with Crippen LogP contribution in [0.4, 0.5) is 0 Å². The van der Waals surface area contributed by atoms with E-state index in [1.54, 1.807) is 27.7 Å². The zero-order valence-corrected chi connectivity index (χ0v) is 12.0. The number of rotatable bonds is 5. The van der Waals surface area contributed by atoms with Crippen molar-refractivity contribution in [3.63, 3.8) is 0 Å². The van der Waals surface area contributed by atoms with Gasteiger partial charge in [0.05, 0.1) is 12.2 Å². The first-order valence-corrected chi connectivity index (χ1v) is 6.59. The maximum atomic E-state index is 12.3. The summed E-state index contributed by atoms with van der Waals surface area (Å²) in [5.41, 5.74) is -1.57. The van der Waals surface area contributed by atoms with Crippen LogP contribution in [-0.4, -0.2) is 59.9 Å². The lowest BCUT2D eigenvalue weighted by atomic mass is 10.0. The van der Waals surface area contributed by atoms with Crippen LogP contribution in [0.25, 0.3) is 0 Å². The molecule has 0 aromatic carbocycles. The molecule has 0 saturated carbocycles. The zero-order valence-electron chi connectivity index (χ0n) is 12.0. The number of carbonyl (C=O) groups is 1. The van der Waals surface area contributed by atoms with Crippen molar-refractivity contribution in [3.8, 4) is 0 Å². The lowest BCUT2D eigenvalue weighted by Crippen LogP contribution is -2.53.